The van der Waals surface area contributed by atoms with Crippen molar-refractivity contribution in [1.82, 2.24) is 0 Å². The largest absolute Gasteiger partial charge is 0.472 e. The highest BCUT2D eigenvalue weighted by Crippen LogP contribution is 2.45. The van der Waals surface area contributed by atoms with Gasteiger partial charge < -0.3 is 33.8 Å². The average molecular weight is 1520 g/mol. The number of aliphatic hydroxyl groups excluding tert-OH is 1. The number of hydrogen-bond acceptors (Lipinski definition) is 15. The van der Waals surface area contributed by atoms with E-state index in [9.17, 15) is 43.2 Å². The lowest BCUT2D eigenvalue weighted by Gasteiger charge is -2.21. The monoisotopic (exact) mass is 1520 g/mol. The van der Waals surface area contributed by atoms with Crippen molar-refractivity contribution >= 4 is 39.5 Å². The van der Waals surface area contributed by atoms with Gasteiger partial charge in [0, 0.05) is 25.7 Å². The van der Waals surface area contributed by atoms with Crippen LogP contribution in [0.15, 0.2) is 0 Å². The predicted octanol–water partition coefficient (Wildman–Crippen LogP) is 26.0. The van der Waals surface area contributed by atoms with Gasteiger partial charge in [-0.1, -0.05) is 407 Å². The summed E-state index contributed by atoms with van der Waals surface area (Å²) in [6, 6.07) is 0. The first-order chi connectivity index (χ1) is 50.6. The smallest absolute Gasteiger partial charge is 0.462 e. The first-order valence-electron chi connectivity index (χ1n) is 44.2. The molecule has 0 aliphatic heterocycles. The van der Waals surface area contributed by atoms with Crippen LogP contribution in [0.2, 0.25) is 0 Å². The number of rotatable bonds is 85. The Morgan fingerprint density at radius 2 is 0.462 bits per heavy atom. The van der Waals surface area contributed by atoms with Gasteiger partial charge in [0.25, 0.3) is 0 Å². The molecular formula is C85H166O17P2. The SMILES string of the molecule is CCCCCCCCCCCCCCCCCCCCCCCCC(=O)O[C@H](COC(=O)CCCCCCCCCCCCCCCCC(C)CC)COP(=O)(O)OC[C@@H](O)COP(=O)(O)OC[C@@H](COC(=O)CCCCCCCCC)OC(=O)CCCCCCCCCCCCCCCCCCC. The molecule has 19 heteroatoms. The summed E-state index contributed by atoms with van der Waals surface area (Å²) in [4.78, 5) is 73.0. The van der Waals surface area contributed by atoms with Crippen LogP contribution in [-0.2, 0) is 65.4 Å². The van der Waals surface area contributed by atoms with Gasteiger partial charge in [-0.05, 0) is 31.6 Å². The molecular weight excluding hydrogens is 1350 g/mol. The minimum Gasteiger partial charge on any atom is -0.462 e. The highest BCUT2D eigenvalue weighted by Gasteiger charge is 2.30. The Kier molecular flexibility index (Phi) is 76.3. The van der Waals surface area contributed by atoms with Crippen molar-refractivity contribution in [2.45, 2.75) is 477 Å². The van der Waals surface area contributed by atoms with Crippen molar-refractivity contribution in [2.24, 2.45) is 5.92 Å². The maximum absolute atomic E-state index is 13.1. The molecule has 0 saturated heterocycles. The molecule has 0 saturated carbocycles. The van der Waals surface area contributed by atoms with Gasteiger partial charge in [-0.15, -0.1) is 0 Å². The zero-order valence-electron chi connectivity index (χ0n) is 68.2. The minimum atomic E-state index is -4.96. The number of phosphoric acid groups is 2. The second-order valence-corrected chi connectivity index (χ2v) is 33.7. The third-order valence-electron chi connectivity index (χ3n) is 20.4. The van der Waals surface area contributed by atoms with Crippen LogP contribution < -0.4 is 0 Å². The molecule has 0 aliphatic rings. The standard InChI is InChI=1S/C85H166O17P2/c1-6-10-13-16-19-21-23-25-27-29-30-31-32-33-35-37-43-47-51-56-61-66-71-85(90)102-81(75-96-83(88)69-64-59-54-49-45-41-39-38-40-44-48-53-57-62-67-78(5)9-4)77-100-104(93,94)98-73-79(86)72-97-103(91,92)99-76-80(74-95-82(87)68-63-58-52-18-15-12-8-3)101-84(89)70-65-60-55-50-46-42-36-34-28-26-24-22-20-17-14-11-7-2/h78-81,86H,6-77H2,1-5H3,(H,91,92)(H,93,94)/t78?,79-,80+,81+/m0/s1. The normalized spacial score (nSPS) is 14.0. The number of aliphatic hydroxyl groups is 1. The molecule has 3 N–H and O–H groups in total. The number of carbonyl (C=O) groups is 4. The predicted molar refractivity (Wildman–Crippen MR) is 428 cm³/mol. The Labute approximate surface area is 638 Å². The molecule has 3 unspecified atom stereocenters. The molecule has 0 spiro atoms. The van der Waals surface area contributed by atoms with E-state index < -0.39 is 97.5 Å². The van der Waals surface area contributed by atoms with Crippen LogP contribution in [0.5, 0.6) is 0 Å². The number of carbonyl (C=O) groups excluding carboxylic acids is 4. The minimum absolute atomic E-state index is 0.109. The molecule has 104 heavy (non-hydrogen) atoms. The van der Waals surface area contributed by atoms with Crippen molar-refractivity contribution in [2.75, 3.05) is 39.6 Å². The third kappa shape index (κ3) is 76.8. The molecule has 0 bridgehead atoms. The van der Waals surface area contributed by atoms with Crippen molar-refractivity contribution in [3.05, 3.63) is 0 Å². The molecule has 0 heterocycles. The van der Waals surface area contributed by atoms with Crippen molar-refractivity contribution in [3.8, 4) is 0 Å². The average Bonchev–Trinajstić information content (AvgIpc) is 0.916. The van der Waals surface area contributed by atoms with Crippen molar-refractivity contribution < 1.29 is 80.2 Å². The van der Waals surface area contributed by atoms with Crippen LogP contribution in [-0.4, -0.2) is 96.7 Å². The van der Waals surface area contributed by atoms with E-state index in [1.807, 2.05) is 0 Å². The maximum Gasteiger partial charge on any atom is 0.472 e. The number of esters is 4. The van der Waals surface area contributed by atoms with E-state index in [0.29, 0.717) is 25.7 Å². The Balaban J connectivity index is 5.16. The zero-order valence-corrected chi connectivity index (χ0v) is 70.0. The first-order valence-corrected chi connectivity index (χ1v) is 47.2. The van der Waals surface area contributed by atoms with E-state index in [2.05, 4.69) is 34.6 Å². The Morgan fingerprint density at radius 1 is 0.269 bits per heavy atom. The summed E-state index contributed by atoms with van der Waals surface area (Å²) in [6.45, 7) is 7.37. The molecule has 0 rings (SSSR count). The topological polar surface area (TPSA) is 237 Å². The summed E-state index contributed by atoms with van der Waals surface area (Å²) in [7, 11) is -9.92. The van der Waals surface area contributed by atoms with E-state index in [0.717, 1.165) is 109 Å². The maximum atomic E-state index is 13.1. The number of unbranched alkanes of at least 4 members (excludes halogenated alkanes) is 56. The highest BCUT2D eigenvalue weighted by molar-refractivity contribution is 7.47. The molecule has 6 atom stereocenters. The van der Waals surface area contributed by atoms with Crippen LogP contribution in [0.4, 0.5) is 0 Å². The zero-order chi connectivity index (χ0) is 76.2. The first kappa shape index (κ1) is 102. The van der Waals surface area contributed by atoms with Gasteiger partial charge in [0.2, 0.25) is 0 Å². The van der Waals surface area contributed by atoms with E-state index in [1.165, 1.54) is 270 Å². The van der Waals surface area contributed by atoms with E-state index >= 15 is 0 Å². The second-order valence-electron chi connectivity index (χ2n) is 30.8. The fourth-order valence-corrected chi connectivity index (χ4v) is 14.8. The van der Waals surface area contributed by atoms with Crippen LogP contribution in [0.25, 0.3) is 0 Å². The molecule has 618 valence electrons. The number of ether oxygens (including phenoxy) is 4. The number of phosphoric ester groups is 2. The summed E-state index contributed by atoms with van der Waals surface area (Å²) in [5.41, 5.74) is 0. The fraction of sp³-hybridized carbons (Fsp3) is 0.953. The van der Waals surface area contributed by atoms with Gasteiger partial charge in [0.05, 0.1) is 26.4 Å². The van der Waals surface area contributed by atoms with Gasteiger partial charge in [-0.25, -0.2) is 9.13 Å². The quantitative estimate of drug-likeness (QED) is 0.0222. The number of hydrogen-bond donors (Lipinski definition) is 3. The van der Waals surface area contributed by atoms with Gasteiger partial charge in [0.15, 0.2) is 12.2 Å². The summed E-state index contributed by atoms with van der Waals surface area (Å²) < 4.78 is 68.7. The van der Waals surface area contributed by atoms with E-state index in [-0.39, 0.29) is 25.7 Å². The lowest BCUT2D eigenvalue weighted by Crippen LogP contribution is -2.30. The third-order valence-corrected chi connectivity index (χ3v) is 22.3. The molecule has 17 nitrogen and oxygen atoms in total. The summed E-state index contributed by atoms with van der Waals surface area (Å²) >= 11 is 0. The Bertz CT molecular complexity index is 1980. The summed E-state index contributed by atoms with van der Waals surface area (Å²) in [5.74, 6) is -1.26. The van der Waals surface area contributed by atoms with Gasteiger partial charge in [0.1, 0.15) is 19.3 Å². The summed E-state index contributed by atoms with van der Waals surface area (Å²) in [5, 5.41) is 10.6. The lowest BCUT2D eigenvalue weighted by atomic mass is 9.99. The van der Waals surface area contributed by atoms with E-state index in [1.54, 1.807) is 0 Å². The van der Waals surface area contributed by atoms with Crippen LogP contribution in [0, 0.1) is 5.92 Å². The summed E-state index contributed by atoms with van der Waals surface area (Å²) in [6.07, 6.45) is 71.0. The molecule has 0 aliphatic carbocycles. The van der Waals surface area contributed by atoms with Crippen LogP contribution in [0.3, 0.4) is 0 Å². The van der Waals surface area contributed by atoms with Gasteiger partial charge in [-0.2, -0.15) is 0 Å². The van der Waals surface area contributed by atoms with Gasteiger partial charge >= 0.3 is 39.5 Å². The van der Waals surface area contributed by atoms with E-state index in [4.69, 9.17) is 37.0 Å². The molecule has 0 radical (unpaired) electrons. The Morgan fingerprint density at radius 3 is 0.683 bits per heavy atom. The van der Waals surface area contributed by atoms with Crippen LogP contribution in [0.1, 0.15) is 458 Å². The van der Waals surface area contributed by atoms with Crippen LogP contribution >= 0.6 is 15.6 Å². The molecule has 0 aromatic carbocycles. The molecule has 0 aromatic heterocycles. The van der Waals surface area contributed by atoms with Crippen molar-refractivity contribution in [1.29, 1.82) is 0 Å². The second kappa shape index (κ2) is 77.8. The lowest BCUT2D eigenvalue weighted by molar-refractivity contribution is -0.161. The van der Waals surface area contributed by atoms with Crippen molar-refractivity contribution in [3.63, 3.8) is 0 Å². The highest BCUT2D eigenvalue weighted by atomic mass is 31.2. The fourth-order valence-electron chi connectivity index (χ4n) is 13.3. The molecule has 0 fully saturated rings. The Hall–Kier alpha value is -1.94. The molecule has 0 amide bonds. The molecule has 0 aromatic rings. The van der Waals surface area contributed by atoms with Gasteiger partial charge in [-0.3, -0.25) is 37.3 Å².